The highest BCUT2D eigenvalue weighted by atomic mass is 35.5. The molecular weight excluding hydrogens is 309 g/mol. The molecule has 1 aliphatic heterocycles. The molecule has 2 rings (SSSR count). The number of nitrogens with zero attached hydrogens (tertiary/aromatic N) is 2. The van der Waals surface area contributed by atoms with E-state index in [1.165, 1.54) is 0 Å². The first-order valence-corrected chi connectivity index (χ1v) is 6.07. The lowest BCUT2D eigenvalue weighted by Gasteiger charge is -2.36. The lowest BCUT2D eigenvalue weighted by atomic mass is 10.2. The molecule has 1 aromatic rings. The first kappa shape index (κ1) is 18.3. The predicted molar refractivity (Wildman–Crippen MR) is 83.8 cm³/mol. The van der Waals surface area contributed by atoms with Gasteiger partial charge in [-0.2, -0.15) is 0 Å². The number of hydrogen-bond donors (Lipinski definition) is 1. The van der Waals surface area contributed by atoms with Crippen molar-refractivity contribution in [2.24, 2.45) is 5.73 Å². The third kappa shape index (κ3) is 4.73. The number of carbonyl (C=O) groups excluding carboxylic acids is 1. The highest BCUT2D eigenvalue weighted by Gasteiger charge is 2.20. The number of halogens is 3. The van der Waals surface area contributed by atoms with Gasteiger partial charge in [0.05, 0.1) is 6.54 Å². The van der Waals surface area contributed by atoms with Gasteiger partial charge in [0.25, 0.3) is 0 Å². The third-order valence-corrected chi connectivity index (χ3v) is 3.22. The van der Waals surface area contributed by atoms with Gasteiger partial charge in [0.1, 0.15) is 0 Å². The van der Waals surface area contributed by atoms with Crippen LogP contribution >= 0.6 is 36.4 Å². The summed E-state index contributed by atoms with van der Waals surface area (Å²) in [7, 11) is 0. The summed E-state index contributed by atoms with van der Waals surface area (Å²) in [6, 6.07) is 7.78. The minimum atomic E-state index is 0. The first-order valence-electron chi connectivity index (χ1n) is 5.69. The van der Waals surface area contributed by atoms with E-state index in [9.17, 15) is 4.79 Å². The number of amides is 1. The summed E-state index contributed by atoms with van der Waals surface area (Å²) < 4.78 is 0. The van der Waals surface area contributed by atoms with Crippen molar-refractivity contribution in [2.75, 3.05) is 37.6 Å². The van der Waals surface area contributed by atoms with Gasteiger partial charge in [0, 0.05) is 36.9 Å². The van der Waals surface area contributed by atoms with Gasteiger partial charge in [-0.3, -0.25) is 4.79 Å². The molecule has 0 spiro atoms. The molecule has 1 aliphatic rings. The molecule has 0 aliphatic carbocycles. The number of nitrogens with two attached hydrogens (primary N) is 1. The van der Waals surface area contributed by atoms with Crippen LogP contribution in [0.3, 0.4) is 0 Å². The van der Waals surface area contributed by atoms with Crippen molar-refractivity contribution in [3.05, 3.63) is 29.3 Å². The zero-order valence-electron chi connectivity index (χ0n) is 10.4. The van der Waals surface area contributed by atoms with Crippen molar-refractivity contribution in [3.63, 3.8) is 0 Å². The summed E-state index contributed by atoms with van der Waals surface area (Å²) in [4.78, 5) is 15.5. The molecule has 19 heavy (non-hydrogen) atoms. The minimum Gasteiger partial charge on any atom is -0.368 e. The monoisotopic (exact) mass is 325 g/mol. The number of rotatable bonds is 2. The molecule has 1 amide bonds. The number of carbonyl (C=O) groups is 1. The molecule has 1 aromatic carbocycles. The van der Waals surface area contributed by atoms with E-state index in [1.54, 1.807) is 4.90 Å². The van der Waals surface area contributed by atoms with Crippen LogP contribution in [-0.2, 0) is 4.79 Å². The Morgan fingerprint density at radius 3 is 2.37 bits per heavy atom. The number of anilines is 1. The molecule has 7 heteroatoms. The molecule has 1 heterocycles. The van der Waals surface area contributed by atoms with Crippen LogP contribution in [0.15, 0.2) is 24.3 Å². The summed E-state index contributed by atoms with van der Waals surface area (Å²) in [5.41, 5.74) is 6.45. The highest BCUT2D eigenvalue weighted by Crippen LogP contribution is 2.20. The van der Waals surface area contributed by atoms with Crippen molar-refractivity contribution in [1.82, 2.24) is 4.90 Å². The molecule has 0 radical (unpaired) electrons. The van der Waals surface area contributed by atoms with Crippen LogP contribution in [0.2, 0.25) is 5.02 Å². The Kier molecular flexibility index (Phi) is 8.18. The fourth-order valence-electron chi connectivity index (χ4n) is 2.02. The highest BCUT2D eigenvalue weighted by molar-refractivity contribution is 6.30. The molecule has 2 N–H and O–H groups in total. The smallest absolute Gasteiger partial charge is 0.236 e. The van der Waals surface area contributed by atoms with Crippen molar-refractivity contribution in [1.29, 1.82) is 0 Å². The Hall–Kier alpha value is -0.680. The predicted octanol–water partition coefficient (Wildman–Crippen LogP) is 1.79. The summed E-state index contributed by atoms with van der Waals surface area (Å²) in [5, 5.41) is 0.739. The maximum Gasteiger partial charge on any atom is 0.236 e. The second-order valence-electron chi connectivity index (χ2n) is 4.05. The van der Waals surface area contributed by atoms with E-state index in [4.69, 9.17) is 17.3 Å². The second kappa shape index (κ2) is 8.48. The van der Waals surface area contributed by atoms with E-state index in [-0.39, 0.29) is 37.3 Å². The molecule has 0 atom stereocenters. The van der Waals surface area contributed by atoms with Crippen LogP contribution in [0.5, 0.6) is 0 Å². The number of hydrogen-bond acceptors (Lipinski definition) is 3. The largest absolute Gasteiger partial charge is 0.368 e. The molecule has 0 aromatic heterocycles. The molecule has 108 valence electrons. The Balaban J connectivity index is 0.00000162. The molecule has 1 fully saturated rings. The van der Waals surface area contributed by atoms with Crippen molar-refractivity contribution in [3.8, 4) is 0 Å². The Morgan fingerprint density at radius 1 is 1.21 bits per heavy atom. The maximum atomic E-state index is 11.4. The average molecular weight is 327 g/mol. The number of benzene rings is 1. The van der Waals surface area contributed by atoms with Crippen LogP contribution in [0, 0.1) is 0 Å². The summed E-state index contributed by atoms with van der Waals surface area (Å²) in [6.07, 6.45) is 0. The topological polar surface area (TPSA) is 49.6 Å². The van der Waals surface area contributed by atoms with Gasteiger partial charge >= 0.3 is 0 Å². The van der Waals surface area contributed by atoms with Gasteiger partial charge in [-0.15, -0.1) is 24.8 Å². The van der Waals surface area contributed by atoms with Crippen LogP contribution in [0.25, 0.3) is 0 Å². The summed E-state index contributed by atoms with van der Waals surface area (Å²) in [5.74, 6) is 0.0238. The maximum absolute atomic E-state index is 11.4. The number of piperazine rings is 1. The average Bonchev–Trinajstić information content (AvgIpc) is 2.38. The van der Waals surface area contributed by atoms with Gasteiger partial charge in [-0.1, -0.05) is 17.7 Å². The fourth-order valence-corrected chi connectivity index (χ4v) is 2.20. The van der Waals surface area contributed by atoms with Crippen LogP contribution in [0.4, 0.5) is 5.69 Å². The Morgan fingerprint density at radius 2 is 1.84 bits per heavy atom. The SMILES string of the molecule is Cl.Cl.NCC(=O)N1CCN(c2cccc(Cl)c2)CC1. The van der Waals surface area contributed by atoms with Gasteiger partial charge < -0.3 is 15.5 Å². The van der Waals surface area contributed by atoms with Crippen LogP contribution < -0.4 is 10.6 Å². The minimum absolute atomic E-state index is 0. The van der Waals surface area contributed by atoms with Crippen molar-refractivity contribution in [2.45, 2.75) is 0 Å². The van der Waals surface area contributed by atoms with E-state index in [0.29, 0.717) is 0 Å². The standard InChI is InChI=1S/C12H16ClN3O.2ClH/c13-10-2-1-3-11(8-10)15-4-6-16(7-5-15)12(17)9-14;;/h1-3,8H,4-7,9,14H2;2*1H. The Bertz CT molecular complexity index is 409. The molecule has 0 bridgehead atoms. The van der Waals surface area contributed by atoms with E-state index in [2.05, 4.69) is 4.90 Å². The zero-order chi connectivity index (χ0) is 12.3. The zero-order valence-corrected chi connectivity index (χ0v) is 12.8. The quantitative estimate of drug-likeness (QED) is 0.901. The molecule has 1 saturated heterocycles. The van der Waals surface area contributed by atoms with Crippen LogP contribution in [-0.4, -0.2) is 43.5 Å². The third-order valence-electron chi connectivity index (χ3n) is 2.98. The normalized spacial score (nSPS) is 14.4. The molecular formula is C12H18Cl3N3O. The van der Waals surface area contributed by atoms with E-state index in [0.717, 1.165) is 36.9 Å². The Labute approximate surface area is 130 Å². The van der Waals surface area contributed by atoms with E-state index in [1.807, 2.05) is 24.3 Å². The van der Waals surface area contributed by atoms with Crippen LogP contribution in [0.1, 0.15) is 0 Å². The van der Waals surface area contributed by atoms with Crippen molar-refractivity contribution >= 4 is 48.0 Å². The lowest BCUT2D eigenvalue weighted by molar-refractivity contribution is -0.129. The van der Waals surface area contributed by atoms with Crippen molar-refractivity contribution < 1.29 is 4.79 Å². The summed E-state index contributed by atoms with van der Waals surface area (Å²) >= 11 is 5.96. The molecule has 4 nitrogen and oxygen atoms in total. The lowest BCUT2D eigenvalue weighted by Crippen LogP contribution is -2.50. The summed E-state index contributed by atoms with van der Waals surface area (Å²) in [6.45, 7) is 3.19. The molecule has 0 saturated carbocycles. The van der Waals surface area contributed by atoms with Gasteiger partial charge in [-0.05, 0) is 18.2 Å². The first-order chi connectivity index (χ1) is 8.20. The van der Waals surface area contributed by atoms with Gasteiger partial charge in [0.2, 0.25) is 5.91 Å². The fraction of sp³-hybridized carbons (Fsp3) is 0.417. The van der Waals surface area contributed by atoms with Gasteiger partial charge in [0.15, 0.2) is 0 Å². The van der Waals surface area contributed by atoms with E-state index >= 15 is 0 Å². The van der Waals surface area contributed by atoms with E-state index < -0.39 is 0 Å². The second-order valence-corrected chi connectivity index (χ2v) is 4.49. The molecule has 0 unspecified atom stereocenters. The van der Waals surface area contributed by atoms with Gasteiger partial charge in [-0.25, -0.2) is 0 Å².